The van der Waals surface area contributed by atoms with Crippen molar-refractivity contribution in [2.24, 2.45) is 0 Å². The summed E-state index contributed by atoms with van der Waals surface area (Å²) in [5, 5.41) is 15.4. The van der Waals surface area contributed by atoms with Crippen molar-refractivity contribution in [1.82, 2.24) is 14.6 Å². The van der Waals surface area contributed by atoms with Gasteiger partial charge < -0.3 is 4.42 Å². The van der Waals surface area contributed by atoms with Crippen LogP contribution in [-0.2, 0) is 5.41 Å². The number of aromatic nitrogens is 3. The van der Waals surface area contributed by atoms with E-state index < -0.39 is 4.92 Å². The van der Waals surface area contributed by atoms with Crippen LogP contribution in [0.15, 0.2) is 69.9 Å². The minimum Gasteiger partial charge on any atom is -0.457 e. The van der Waals surface area contributed by atoms with Crippen molar-refractivity contribution in [2.75, 3.05) is 0 Å². The molecular formula is C25H20N4O4S. The maximum atomic E-state index is 12.9. The van der Waals surface area contributed by atoms with Crippen molar-refractivity contribution in [3.8, 4) is 22.7 Å². The van der Waals surface area contributed by atoms with Gasteiger partial charge in [-0.05, 0) is 23.1 Å². The molecule has 170 valence electrons. The maximum absolute atomic E-state index is 12.9. The lowest BCUT2D eigenvalue weighted by Crippen LogP contribution is -2.23. The predicted octanol–water partition coefficient (Wildman–Crippen LogP) is 4.83. The van der Waals surface area contributed by atoms with E-state index >= 15 is 0 Å². The van der Waals surface area contributed by atoms with Crippen molar-refractivity contribution < 1.29 is 9.34 Å². The molecule has 0 aliphatic heterocycles. The van der Waals surface area contributed by atoms with Crippen LogP contribution in [0.3, 0.4) is 0 Å². The molecule has 0 amide bonds. The zero-order valence-electron chi connectivity index (χ0n) is 18.7. The largest absolute Gasteiger partial charge is 0.457 e. The van der Waals surface area contributed by atoms with Crippen molar-refractivity contribution in [2.45, 2.75) is 26.2 Å². The molecule has 5 aromatic rings. The van der Waals surface area contributed by atoms with Crippen molar-refractivity contribution >= 4 is 28.1 Å². The maximum Gasteiger partial charge on any atom is 0.291 e. The van der Waals surface area contributed by atoms with Gasteiger partial charge in [0, 0.05) is 29.3 Å². The quantitative estimate of drug-likeness (QED) is 0.274. The molecule has 0 unspecified atom stereocenters. The van der Waals surface area contributed by atoms with Crippen LogP contribution in [0.5, 0.6) is 0 Å². The highest BCUT2D eigenvalue weighted by Crippen LogP contribution is 2.27. The highest BCUT2D eigenvalue weighted by Gasteiger charge is 2.16. The molecule has 8 nitrogen and oxygen atoms in total. The van der Waals surface area contributed by atoms with Gasteiger partial charge in [-0.1, -0.05) is 68.5 Å². The van der Waals surface area contributed by atoms with E-state index in [4.69, 9.17) is 4.42 Å². The van der Waals surface area contributed by atoms with Crippen molar-refractivity contribution in [3.63, 3.8) is 0 Å². The number of benzene rings is 2. The number of fused-ring (bicyclic) bond motifs is 1. The van der Waals surface area contributed by atoms with Gasteiger partial charge in [0.15, 0.2) is 5.82 Å². The molecule has 0 fully saturated rings. The van der Waals surface area contributed by atoms with E-state index in [-0.39, 0.29) is 16.7 Å². The SMILES string of the molecule is CC(C)(C)c1ccc(-c2nc3sc(=Cc4ccc(-c5cccc([N+](=O)[O-])c5)o4)c(=O)n3n2)cc1. The average molecular weight is 473 g/mol. The zero-order valence-corrected chi connectivity index (χ0v) is 19.5. The first-order chi connectivity index (χ1) is 16.2. The molecule has 3 heterocycles. The molecule has 9 heteroatoms. The predicted molar refractivity (Wildman–Crippen MR) is 131 cm³/mol. The summed E-state index contributed by atoms with van der Waals surface area (Å²) in [5.74, 6) is 1.44. The van der Waals surface area contributed by atoms with Gasteiger partial charge in [0.1, 0.15) is 16.1 Å². The van der Waals surface area contributed by atoms with Crippen LogP contribution < -0.4 is 10.1 Å². The lowest BCUT2D eigenvalue weighted by molar-refractivity contribution is -0.384. The standard InChI is InChI=1S/C25H20N4O4S/c1-25(2,3)17-9-7-15(8-10-17)22-26-24-28(27-22)23(30)21(34-24)14-19-11-12-20(33-19)16-5-4-6-18(13-16)29(31)32/h4-14H,1-3H3. The molecule has 34 heavy (non-hydrogen) atoms. The first-order valence-corrected chi connectivity index (χ1v) is 11.4. The number of rotatable bonds is 4. The fourth-order valence-electron chi connectivity index (χ4n) is 3.56. The molecule has 0 aliphatic rings. The van der Waals surface area contributed by atoms with Gasteiger partial charge in [-0.2, -0.15) is 9.50 Å². The van der Waals surface area contributed by atoms with Gasteiger partial charge in [0.05, 0.1) is 4.92 Å². The molecule has 5 rings (SSSR count). The second-order valence-corrected chi connectivity index (χ2v) is 9.89. The van der Waals surface area contributed by atoms with E-state index in [9.17, 15) is 14.9 Å². The van der Waals surface area contributed by atoms with Crippen LogP contribution >= 0.6 is 11.3 Å². The van der Waals surface area contributed by atoms with Crippen LogP contribution in [0.4, 0.5) is 5.69 Å². The summed E-state index contributed by atoms with van der Waals surface area (Å²) in [4.78, 5) is 28.5. The number of furan rings is 1. The van der Waals surface area contributed by atoms with Crippen molar-refractivity contribution in [3.05, 3.63) is 97.0 Å². The number of nitro benzene ring substituents is 1. The summed E-state index contributed by atoms with van der Waals surface area (Å²) in [6.07, 6.45) is 1.63. The average Bonchev–Trinajstić information content (AvgIpc) is 3.51. The molecule has 2 aromatic carbocycles. The summed E-state index contributed by atoms with van der Waals surface area (Å²) in [6.45, 7) is 6.46. The first-order valence-electron chi connectivity index (χ1n) is 10.6. The zero-order chi connectivity index (χ0) is 24.0. The van der Waals surface area contributed by atoms with Crippen LogP contribution in [0.2, 0.25) is 0 Å². The van der Waals surface area contributed by atoms with E-state index in [1.54, 1.807) is 30.3 Å². The Kier molecular flexibility index (Phi) is 5.13. The number of hydrogen-bond acceptors (Lipinski definition) is 7. The van der Waals surface area contributed by atoms with E-state index in [0.29, 0.717) is 32.4 Å². The first kappa shape index (κ1) is 21.7. The van der Waals surface area contributed by atoms with E-state index in [1.807, 2.05) is 12.1 Å². The summed E-state index contributed by atoms with van der Waals surface area (Å²) in [5.41, 5.74) is 2.40. The summed E-state index contributed by atoms with van der Waals surface area (Å²) < 4.78 is 7.54. The number of nitro groups is 1. The Morgan fingerprint density at radius 3 is 2.50 bits per heavy atom. The van der Waals surface area contributed by atoms with Gasteiger partial charge in [-0.15, -0.1) is 5.10 Å². The third kappa shape index (κ3) is 4.01. The van der Waals surface area contributed by atoms with Crippen molar-refractivity contribution in [1.29, 1.82) is 0 Å². The smallest absolute Gasteiger partial charge is 0.291 e. The molecule has 3 aromatic heterocycles. The van der Waals surface area contributed by atoms with Crippen LogP contribution in [-0.4, -0.2) is 19.5 Å². The van der Waals surface area contributed by atoms with Crippen LogP contribution in [0.25, 0.3) is 33.7 Å². The molecule has 0 radical (unpaired) electrons. The van der Waals surface area contributed by atoms with Gasteiger partial charge in [0.2, 0.25) is 4.96 Å². The highest BCUT2D eigenvalue weighted by atomic mass is 32.1. The lowest BCUT2D eigenvalue weighted by Gasteiger charge is -2.18. The van der Waals surface area contributed by atoms with Gasteiger partial charge in [-0.25, -0.2) is 0 Å². The van der Waals surface area contributed by atoms with Crippen LogP contribution in [0, 0.1) is 10.1 Å². The minimum absolute atomic E-state index is 0.0179. The third-order valence-corrected chi connectivity index (χ3v) is 6.39. The molecule has 0 saturated heterocycles. The fraction of sp³-hybridized carbons (Fsp3) is 0.160. The minimum atomic E-state index is -0.454. The second kappa shape index (κ2) is 8.03. The summed E-state index contributed by atoms with van der Waals surface area (Å²) in [7, 11) is 0. The Morgan fingerprint density at radius 1 is 1.06 bits per heavy atom. The van der Waals surface area contributed by atoms with Gasteiger partial charge in [-0.3, -0.25) is 14.9 Å². The Bertz CT molecular complexity index is 1640. The summed E-state index contributed by atoms with van der Waals surface area (Å²) >= 11 is 1.23. The van der Waals surface area contributed by atoms with Gasteiger partial charge >= 0.3 is 0 Å². The highest BCUT2D eigenvalue weighted by molar-refractivity contribution is 7.15. The molecule has 0 aliphatic carbocycles. The second-order valence-electron chi connectivity index (χ2n) is 8.88. The monoisotopic (exact) mass is 472 g/mol. The Morgan fingerprint density at radius 2 is 1.82 bits per heavy atom. The summed E-state index contributed by atoms with van der Waals surface area (Å²) in [6, 6.07) is 17.7. The molecular weight excluding hydrogens is 452 g/mol. The van der Waals surface area contributed by atoms with E-state index in [2.05, 4.69) is 43.0 Å². The lowest BCUT2D eigenvalue weighted by atomic mass is 9.87. The molecule has 0 bridgehead atoms. The van der Waals surface area contributed by atoms with Crippen LogP contribution in [0.1, 0.15) is 32.1 Å². The number of thiazole rings is 1. The number of non-ortho nitro benzene ring substituents is 1. The third-order valence-electron chi connectivity index (χ3n) is 5.43. The molecule has 0 atom stereocenters. The number of hydrogen-bond donors (Lipinski definition) is 0. The van der Waals surface area contributed by atoms with E-state index in [0.717, 1.165) is 5.56 Å². The molecule has 0 saturated carbocycles. The Balaban J connectivity index is 1.46. The Labute approximate surface area is 198 Å². The fourth-order valence-corrected chi connectivity index (χ4v) is 4.45. The van der Waals surface area contributed by atoms with E-state index in [1.165, 1.54) is 33.5 Å². The topological polar surface area (TPSA) is 104 Å². The number of nitrogens with zero attached hydrogens (tertiary/aromatic N) is 4. The van der Waals surface area contributed by atoms with Gasteiger partial charge in [0.25, 0.3) is 11.2 Å². The normalized spacial score (nSPS) is 12.5. The Hall–Kier alpha value is -4.11. The molecule has 0 N–H and O–H groups in total. The molecule has 0 spiro atoms.